The number of benzene rings is 1. The van der Waals surface area contributed by atoms with Crippen molar-refractivity contribution < 1.29 is 0 Å². The van der Waals surface area contributed by atoms with E-state index in [2.05, 4.69) is 15.9 Å². The zero-order valence-electron chi connectivity index (χ0n) is 11.3. The van der Waals surface area contributed by atoms with E-state index in [0.717, 1.165) is 12.6 Å². The molecule has 1 aromatic rings. The van der Waals surface area contributed by atoms with Crippen LogP contribution in [-0.4, -0.2) is 42.0 Å². The highest BCUT2D eigenvalue weighted by atomic mass is 35.5. The molecule has 3 nitrogen and oxygen atoms in total. The van der Waals surface area contributed by atoms with Gasteiger partial charge in [0.2, 0.25) is 0 Å². The number of piperidine rings is 1. The van der Waals surface area contributed by atoms with Crippen molar-refractivity contribution in [3.05, 3.63) is 28.8 Å². The Hall–Kier alpha value is -0.770. The molecule has 1 atom stereocenters. The first-order valence-corrected chi connectivity index (χ1v) is 7.60. The number of hydrogen-bond acceptors (Lipinski definition) is 3. The van der Waals surface area contributed by atoms with Crippen LogP contribution in [0, 0.1) is 0 Å². The minimum Gasteiger partial charge on any atom is -0.398 e. The van der Waals surface area contributed by atoms with Gasteiger partial charge in [-0.05, 0) is 37.1 Å². The lowest BCUT2D eigenvalue weighted by molar-refractivity contribution is 0.0457. The van der Waals surface area contributed by atoms with Crippen LogP contribution in [0.15, 0.2) is 18.2 Å². The van der Waals surface area contributed by atoms with Gasteiger partial charge in [-0.2, -0.15) is 0 Å². The lowest BCUT2D eigenvalue weighted by Gasteiger charge is -2.44. The van der Waals surface area contributed by atoms with Gasteiger partial charge in [0.25, 0.3) is 0 Å². The Morgan fingerprint density at radius 1 is 1.21 bits per heavy atom. The van der Waals surface area contributed by atoms with E-state index in [1.807, 2.05) is 12.1 Å². The fraction of sp³-hybridized carbons (Fsp3) is 0.600. The third kappa shape index (κ3) is 3.04. The van der Waals surface area contributed by atoms with Crippen LogP contribution in [0.2, 0.25) is 5.02 Å². The maximum Gasteiger partial charge on any atom is 0.0635 e. The van der Waals surface area contributed by atoms with Gasteiger partial charge in [0.1, 0.15) is 0 Å². The van der Waals surface area contributed by atoms with E-state index in [9.17, 15) is 0 Å². The van der Waals surface area contributed by atoms with Crippen molar-refractivity contribution in [2.24, 2.45) is 0 Å². The molecule has 0 aliphatic carbocycles. The standard InChI is InChI=1S/C15H22ClN3/c16-14-5-4-12(9-15(14)17)10-18-7-8-19-6-2-1-3-13(19)11-18/h4-5,9,13H,1-3,6-8,10-11,17H2. The first-order chi connectivity index (χ1) is 9.22. The number of nitrogens with two attached hydrogens (primary N) is 1. The monoisotopic (exact) mass is 279 g/mol. The molecule has 2 aliphatic rings. The predicted octanol–water partition coefficient (Wildman–Crippen LogP) is 2.59. The first kappa shape index (κ1) is 13.2. The molecule has 104 valence electrons. The van der Waals surface area contributed by atoms with Crippen molar-refractivity contribution in [1.82, 2.24) is 9.80 Å². The molecular weight excluding hydrogens is 258 g/mol. The zero-order valence-corrected chi connectivity index (χ0v) is 12.1. The molecule has 2 saturated heterocycles. The van der Waals surface area contributed by atoms with E-state index >= 15 is 0 Å². The van der Waals surface area contributed by atoms with E-state index < -0.39 is 0 Å². The van der Waals surface area contributed by atoms with Gasteiger partial charge in [-0.3, -0.25) is 9.80 Å². The fourth-order valence-corrected chi connectivity index (χ4v) is 3.43. The summed E-state index contributed by atoms with van der Waals surface area (Å²) in [5, 5.41) is 0.654. The van der Waals surface area contributed by atoms with E-state index in [1.54, 1.807) is 0 Å². The van der Waals surface area contributed by atoms with Gasteiger partial charge in [-0.25, -0.2) is 0 Å². The fourth-order valence-electron chi connectivity index (χ4n) is 3.31. The molecule has 2 heterocycles. The van der Waals surface area contributed by atoms with Crippen LogP contribution >= 0.6 is 11.6 Å². The Kier molecular flexibility index (Phi) is 3.96. The van der Waals surface area contributed by atoms with Crippen molar-refractivity contribution in [2.45, 2.75) is 31.8 Å². The minimum absolute atomic E-state index is 0.654. The lowest BCUT2D eigenvalue weighted by atomic mass is 9.99. The molecular formula is C15H22ClN3. The van der Waals surface area contributed by atoms with Crippen molar-refractivity contribution in [3.63, 3.8) is 0 Å². The minimum atomic E-state index is 0.654. The smallest absolute Gasteiger partial charge is 0.0635 e. The van der Waals surface area contributed by atoms with Gasteiger partial charge >= 0.3 is 0 Å². The normalized spacial score (nSPS) is 25.2. The molecule has 0 radical (unpaired) electrons. The zero-order chi connectivity index (χ0) is 13.2. The second kappa shape index (κ2) is 5.70. The van der Waals surface area contributed by atoms with Gasteiger partial charge in [0.15, 0.2) is 0 Å². The van der Waals surface area contributed by atoms with Crippen LogP contribution in [-0.2, 0) is 6.54 Å². The van der Waals surface area contributed by atoms with Crippen LogP contribution in [0.5, 0.6) is 0 Å². The van der Waals surface area contributed by atoms with Gasteiger partial charge in [-0.1, -0.05) is 24.1 Å². The second-order valence-corrected chi connectivity index (χ2v) is 6.18. The Morgan fingerprint density at radius 2 is 2.11 bits per heavy atom. The molecule has 0 aromatic heterocycles. The summed E-state index contributed by atoms with van der Waals surface area (Å²) >= 11 is 5.97. The summed E-state index contributed by atoms with van der Waals surface area (Å²) in [6.07, 6.45) is 4.13. The third-order valence-corrected chi connectivity index (χ3v) is 4.73. The van der Waals surface area contributed by atoms with Crippen LogP contribution in [0.25, 0.3) is 0 Å². The van der Waals surface area contributed by atoms with Crippen LogP contribution < -0.4 is 5.73 Å². The third-order valence-electron chi connectivity index (χ3n) is 4.39. The quantitative estimate of drug-likeness (QED) is 0.845. The highest BCUT2D eigenvalue weighted by Gasteiger charge is 2.28. The summed E-state index contributed by atoms with van der Waals surface area (Å²) in [5.74, 6) is 0. The number of hydrogen-bond donors (Lipinski definition) is 1. The Morgan fingerprint density at radius 3 is 2.95 bits per heavy atom. The molecule has 2 fully saturated rings. The number of piperazine rings is 1. The molecule has 3 rings (SSSR count). The predicted molar refractivity (Wildman–Crippen MR) is 80.4 cm³/mol. The van der Waals surface area contributed by atoms with E-state index in [1.165, 1.54) is 51.0 Å². The van der Waals surface area contributed by atoms with E-state index in [-0.39, 0.29) is 0 Å². The molecule has 1 unspecified atom stereocenters. The number of halogens is 1. The summed E-state index contributed by atoms with van der Waals surface area (Å²) in [6.45, 7) is 5.87. The lowest BCUT2D eigenvalue weighted by Crippen LogP contribution is -2.54. The highest BCUT2D eigenvalue weighted by Crippen LogP contribution is 2.24. The number of nitrogen functional groups attached to an aromatic ring is 1. The van der Waals surface area contributed by atoms with E-state index in [0.29, 0.717) is 10.7 Å². The van der Waals surface area contributed by atoms with Crippen molar-refractivity contribution >= 4 is 17.3 Å². The SMILES string of the molecule is Nc1cc(CN2CCN3CCCCC3C2)ccc1Cl. The number of rotatable bonds is 2. The van der Waals surface area contributed by atoms with Crippen molar-refractivity contribution in [1.29, 1.82) is 0 Å². The van der Waals surface area contributed by atoms with Gasteiger partial charge in [0.05, 0.1) is 10.7 Å². The Balaban J connectivity index is 1.62. The maximum atomic E-state index is 5.97. The summed E-state index contributed by atoms with van der Waals surface area (Å²) in [6, 6.07) is 6.78. The molecule has 0 saturated carbocycles. The highest BCUT2D eigenvalue weighted by molar-refractivity contribution is 6.33. The summed E-state index contributed by atoms with van der Waals surface area (Å²) in [7, 11) is 0. The molecule has 2 N–H and O–H groups in total. The molecule has 0 spiro atoms. The van der Waals surface area contributed by atoms with Gasteiger partial charge < -0.3 is 5.73 Å². The average Bonchev–Trinajstić information content (AvgIpc) is 2.43. The Bertz CT molecular complexity index is 449. The van der Waals surface area contributed by atoms with Gasteiger partial charge in [0, 0.05) is 32.2 Å². The topological polar surface area (TPSA) is 32.5 Å². The van der Waals surface area contributed by atoms with Crippen molar-refractivity contribution in [3.8, 4) is 0 Å². The van der Waals surface area contributed by atoms with E-state index in [4.69, 9.17) is 17.3 Å². The second-order valence-electron chi connectivity index (χ2n) is 5.78. The molecule has 1 aromatic carbocycles. The molecule has 2 aliphatic heterocycles. The molecule has 19 heavy (non-hydrogen) atoms. The van der Waals surface area contributed by atoms with Crippen molar-refractivity contribution in [2.75, 3.05) is 31.9 Å². The largest absolute Gasteiger partial charge is 0.398 e. The number of fused-ring (bicyclic) bond motifs is 1. The van der Waals surface area contributed by atoms with Crippen LogP contribution in [0.3, 0.4) is 0 Å². The number of anilines is 1. The maximum absolute atomic E-state index is 5.97. The number of nitrogens with zero attached hydrogens (tertiary/aromatic N) is 2. The summed E-state index contributed by atoms with van der Waals surface area (Å²) in [5.41, 5.74) is 7.83. The molecule has 0 bridgehead atoms. The molecule has 0 amide bonds. The van der Waals surface area contributed by atoms with Crippen LogP contribution in [0.1, 0.15) is 24.8 Å². The van der Waals surface area contributed by atoms with Crippen LogP contribution in [0.4, 0.5) is 5.69 Å². The average molecular weight is 280 g/mol. The molecule has 4 heteroatoms. The Labute approximate surface area is 120 Å². The first-order valence-electron chi connectivity index (χ1n) is 7.23. The van der Waals surface area contributed by atoms with Gasteiger partial charge in [-0.15, -0.1) is 0 Å². The summed E-state index contributed by atoms with van der Waals surface area (Å²) in [4.78, 5) is 5.21. The summed E-state index contributed by atoms with van der Waals surface area (Å²) < 4.78 is 0.